The van der Waals surface area contributed by atoms with E-state index in [9.17, 15) is 0 Å². The van der Waals surface area contributed by atoms with Gasteiger partial charge >= 0.3 is 0 Å². The zero-order chi connectivity index (χ0) is 11.8. The lowest BCUT2D eigenvalue weighted by molar-refractivity contribution is 0.349. The lowest BCUT2D eigenvalue weighted by Crippen LogP contribution is -2.40. The largest absolute Gasteiger partial charge is 0.370 e. The van der Waals surface area contributed by atoms with E-state index in [-0.39, 0.29) is 0 Å². The Morgan fingerprint density at radius 2 is 2.24 bits per heavy atom. The highest BCUT2D eigenvalue weighted by molar-refractivity contribution is 6.33. The molecule has 2 unspecified atom stereocenters. The first-order valence-electron chi connectivity index (χ1n) is 6.32. The summed E-state index contributed by atoms with van der Waals surface area (Å²) in [5.74, 6) is 1.65. The van der Waals surface area contributed by atoms with Gasteiger partial charge in [0.25, 0.3) is 0 Å². The molecular formula is C13H18ClN3. The van der Waals surface area contributed by atoms with Crippen LogP contribution in [0.4, 0.5) is 5.69 Å². The Hall–Kier alpha value is -0.800. The van der Waals surface area contributed by atoms with E-state index < -0.39 is 0 Å². The minimum absolute atomic E-state index is 0.785. The van der Waals surface area contributed by atoms with Gasteiger partial charge < -0.3 is 10.2 Å². The monoisotopic (exact) mass is 251 g/mol. The molecule has 17 heavy (non-hydrogen) atoms. The molecule has 0 amide bonds. The highest BCUT2D eigenvalue weighted by Gasteiger charge is 2.33. The quantitative estimate of drug-likeness (QED) is 0.829. The zero-order valence-electron chi connectivity index (χ0n) is 10.1. The normalized spacial score (nSPS) is 28.2. The fourth-order valence-electron chi connectivity index (χ4n) is 3.03. The van der Waals surface area contributed by atoms with Crippen LogP contribution in [-0.2, 0) is 0 Å². The minimum Gasteiger partial charge on any atom is -0.370 e. The molecule has 2 aliphatic rings. The number of hydrogen-bond acceptors (Lipinski definition) is 3. The molecule has 3 heterocycles. The number of nitrogens with zero attached hydrogens (tertiary/aromatic N) is 2. The summed E-state index contributed by atoms with van der Waals surface area (Å²) in [4.78, 5) is 6.65. The van der Waals surface area contributed by atoms with Crippen molar-refractivity contribution >= 4 is 17.3 Å². The van der Waals surface area contributed by atoms with E-state index in [1.807, 2.05) is 19.2 Å². The van der Waals surface area contributed by atoms with Crippen molar-refractivity contribution in [1.82, 2.24) is 10.3 Å². The Balaban J connectivity index is 1.82. The van der Waals surface area contributed by atoms with Gasteiger partial charge in [-0.25, -0.2) is 0 Å². The average Bonchev–Trinajstić information content (AvgIpc) is 2.79. The van der Waals surface area contributed by atoms with Gasteiger partial charge in [-0.05, 0) is 44.3 Å². The molecule has 2 saturated heterocycles. The summed E-state index contributed by atoms with van der Waals surface area (Å²) in [6.07, 6.45) is 3.13. The number of rotatable bonds is 1. The molecule has 0 saturated carbocycles. The van der Waals surface area contributed by atoms with E-state index >= 15 is 0 Å². The molecule has 0 bridgehead atoms. The molecule has 0 radical (unpaired) electrons. The third-order valence-electron chi connectivity index (χ3n) is 4.09. The molecule has 0 aliphatic carbocycles. The first kappa shape index (κ1) is 11.3. The van der Waals surface area contributed by atoms with Gasteiger partial charge in [-0.3, -0.25) is 4.98 Å². The first-order chi connectivity index (χ1) is 8.25. The molecule has 2 fully saturated rings. The zero-order valence-corrected chi connectivity index (χ0v) is 10.9. The van der Waals surface area contributed by atoms with Crippen molar-refractivity contribution in [3.8, 4) is 0 Å². The maximum atomic E-state index is 6.35. The van der Waals surface area contributed by atoms with E-state index in [0.29, 0.717) is 0 Å². The number of fused-ring (bicyclic) bond motifs is 1. The van der Waals surface area contributed by atoms with Crippen molar-refractivity contribution in [2.75, 3.05) is 31.1 Å². The van der Waals surface area contributed by atoms with Crippen LogP contribution in [0.2, 0.25) is 5.02 Å². The van der Waals surface area contributed by atoms with Crippen molar-refractivity contribution in [3.63, 3.8) is 0 Å². The molecule has 4 heteroatoms. The molecular weight excluding hydrogens is 234 g/mol. The van der Waals surface area contributed by atoms with Gasteiger partial charge in [0.1, 0.15) is 0 Å². The standard InChI is InChI=1S/C13H18ClN3/c1-9-13(14)12(2-4-16-9)17-5-3-10-6-15-7-11(10)8-17/h2,4,10-11,15H,3,5-8H2,1H3. The van der Waals surface area contributed by atoms with Gasteiger partial charge in [0.2, 0.25) is 0 Å². The molecule has 0 aromatic carbocycles. The molecule has 92 valence electrons. The number of aryl methyl sites for hydroxylation is 1. The fraction of sp³-hybridized carbons (Fsp3) is 0.615. The van der Waals surface area contributed by atoms with Crippen molar-refractivity contribution in [1.29, 1.82) is 0 Å². The maximum absolute atomic E-state index is 6.35. The summed E-state index contributed by atoms with van der Waals surface area (Å²) >= 11 is 6.35. The van der Waals surface area contributed by atoms with Crippen molar-refractivity contribution < 1.29 is 0 Å². The fourth-order valence-corrected chi connectivity index (χ4v) is 3.26. The number of aromatic nitrogens is 1. The molecule has 2 aliphatic heterocycles. The summed E-state index contributed by atoms with van der Waals surface area (Å²) < 4.78 is 0. The Morgan fingerprint density at radius 3 is 3.12 bits per heavy atom. The molecule has 1 N–H and O–H groups in total. The number of anilines is 1. The lowest BCUT2D eigenvalue weighted by atomic mass is 9.88. The van der Waals surface area contributed by atoms with Crippen molar-refractivity contribution in [2.45, 2.75) is 13.3 Å². The van der Waals surface area contributed by atoms with E-state index in [1.54, 1.807) is 0 Å². The number of piperidine rings is 1. The Labute approximate surface area is 107 Å². The van der Waals surface area contributed by atoms with Gasteiger partial charge in [0, 0.05) is 19.3 Å². The predicted molar refractivity (Wildman–Crippen MR) is 70.7 cm³/mol. The molecule has 1 aromatic rings. The smallest absolute Gasteiger partial charge is 0.0851 e. The van der Waals surface area contributed by atoms with E-state index in [2.05, 4.69) is 15.2 Å². The van der Waals surface area contributed by atoms with Gasteiger partial charge in [-0.2, -0.15) is 0 Å². The van der Waals surface area contributed by atoms with Crippen LogP contribution < -0.4 is 10.2 Å². The van der Waals surface area contributed by atoms with Crippen LogP contribution in [0.25, 0.3) is 0 Å². The molecule has 2 atom stereocenters. The Morgan fingerprint density at radius 1 is 1.41 bits per heavy atom. The van der Waals surface area contributed by atoms with E-state index in [1.165, 1.54) is 13.0 Å². The summed E-state index contributed by atoms with van der Waals surface area (Å²) in [7, 11) is 0. The number of halogens is 1. The highest BCUT2D eigenvalue weighted by atomic mass is 35.5. The minimum atomic E-state index is 0.785. The van der Waals surface area contributed by atoms with Crippen LogP contribution in [0, 0.1) is 18.8 Å². The first-order valence-corrected chi connectivity index (χ1v) is 6.70. The third-order valence-corrected chi connectivity index (χ3v) is 4.56. The van der Waals surface area contributed by atoms with Gasteiger partial charge in [-0.15, -0.1) is 0 Å². The van der Waals surface area contributed by atoms with Crippen LogP contribution in [0.15, 0.2) is 12.3 Å². The second kappa shape index (κ2) is 4.46. The highest BCUT2D eigenvalue weighted by Crippen LogP contribution is 2.33. The van der Waals surface area contributed by atoms with Gasteiger partial charge in [0.15, 0.2) is 0 Å². The predicted octanol–water partition coefficient (Wildman–Crippen LogP) is 2.09. The van der Waals surface area contributed by atoms with Crippen molar-refractivity contribution in [2.24, 2.45) is 11.8 Å². The topological polar surface area (TPSA) is 28.2 Å². The van der Waals surface area contributed by atoms with E-state index in [4.69, 9.17) is 11.6 Å². The molecule has 0 spiro atoms. The van der Waals surface area contributed by atoms with Crippen LogP contribution >= 0.6 is 11.6 Å². The van der Waals surface area contributed by atoms with Crippen LogP contribution in [0.3, 0.4) is 0 Å². The Kier molecular flexibility index (Phi) is 2.97. The second-order valence-electron chi connectivity index (χ2n) is 5.14. The molecule has 3 nitrogen and oxygen atoms in total. The van der Waals surface area contributed by atoms with Gasteiger partial charge in [0.05, 0.1) is 16.4 Å². The second-order valence-corrected chi connectivity index (χ2v) is 5.52. The van der Waals surface area contributed by atoms with Crippen molar-refractivity contribution in [3.05, 3.63) is 23.0 Å². The Bertz CT molecular complexity index is 421. The summed E-state index contributed by atoms with van der Waals surface area (Å²) in [5, 5.41) is 4.31. The number of nitrogens with one attached hydrogen (secondary N) is 1. The summed E-state index contributed by atoms with van der Waals surface area (Å²) in [6, 6.07) is 2.04. The summed E-state index contributed by atoms with van der Waals surface area (Å²) in [5.41, 5.74) is 2.08. The SMILES string of the molecule is Cc1nccc(N2CCC3CNCC3C2)c1Cl. The average molecular weight is 252 g/mol. The molecule has 1 aromatic heterocycles. The molecule has 3 rings (SSSR count). The lowest BCUT2D eigenvalue weighted by Gasteiger charge is -2.36. The number of pyridine rings is 1. The van der Waals surface area contributed by atoms with E-state index in [0.717, 1.165) is 47.9 Å². The third kappa shape index (κ3) is 2.02. The van der Waals surface area contributed by atoms with Crippen LogP contribution in [-0.4, -0.2) is 31.2 Å². The van der Waals surface area contributed by atoms with Crippen LogP contribution in [0.5, 0.6) is 0 Å². The summed E-state index contributed by atoms with van der Waals surface area (Å²) in [6.45, 7) is 6.56. The van der Waals surface area contributed by atoms with Crippen LogP contribution in [0.1, 0.15) is 12.1 Å². The van der Waals surface area contributed by atoms with Gasteiger partial charge in [-0.1, -0.05) is 11.6 Å². The number of hydrogen-bond donors (Lipinski definition) is 1. The maximum Gasteiger partial charge on any atom is 0.0851 e.